The van der Waals surface area contributed by atoms with E-state index in [2.05, 4.69) is 10.2 Å². The zero-order valence-corrected chi connectivity index (χ0v) is 11.1. The summed E-state index contributed by atoms with van der Waals surface area (Å²) in [7, 11) is -3.94. The summed E-state index contributed by atoms with van der Waals surface area (Å²) in [4.78, 5) is 0. The largest absolute Gasteiger partial charge is 0.297 e. The average molecular weight is 284 g/mol. The van der Waals surface area contributed by atoms with Gasteiger partial charge in [0.2, 0.25) is 0 Å². The van der Waals surface area contributed by atoms with Crippen molar-refractivity contribution in [2.24, 2.45) is 5.14 Å². The molecule has 2 rings (SSSR count). The molecule has 19 heavy (non-hydrogen) atoms. The molecule has 102 valence electrons. The zero-order chi connectivity index (χ0) is 14.0. The van der Waals surface area contributed by atoms with E-state index in [-0.39, 0.29) is 11.0 Å². The molecule has 1 aromatic carbocycles. The van der Waals surface area contributed by atoms with Gasteiger partial charge in [0.1, 0.15) is 5.82 Å². The van der Waals surface area contributed by atoms with Gasteiger partial charge < -0.3 is 0 Å². The summed E-state index contributed by atoms with van der Waals surface area (Å²) in [6.07, 6.45) is 0.689. The number of rotatable bonds is 4. The van der Waals surface area contributed by atoms with Crippen molar-refractivity contribution in [2.75, 3.05) is 0 Å². The summed E-state index contributed by atoms with van der Waals surface area (Å²) in [6, 6.07) is 5.57. The van der Waals surface area contributed by atoms with Crippen LogP contribution in [0.15, 0.2) is 29.4 Å². The molecule has 6 nitrogen and oxygen atoms in total. The van der Waals surface area contributed by atoms with Gasteiger partial charge >= 0.3 is 0 Å². The van der Waals surface area contributed by atoms with Gasteiger partial charge in [0.15, 0.2) is 5.82 Å². The third-order valence-electron chi connectivity index (χ3n) is 2.52. The van der Waals surface area contributed by atoms with Gasteiger partial charge in [-0.05, 0) is 30.7 Å². The minimum absolute atomic E-state index is 0.284. The molecule has 0 bridgehead atoms. The summed E-state index contributed by atoms with van der Waals surface area (Å²) in [5.41, 5.74) is 0.581. The Balaban J connectivity index is 2.58. The molecule has 0 aliphatic heterocycles. The lowest BCUT2D eigenvalue weighted by Crippen LogP contribution is -2.19. The molecule has 0 aliphatic rings. The molecule has 1 aromatic heterocycles. The van der Waals surface area contributed by atoms with Gasteiger partial charge in [0.05, 0.1) is 0 Å². The van der Waals surface area contributed by atoms with E-state index in [4.69, 9.17) is 5.14 Å². The maximum Gasteiger partial charge on any atom is 0.273 e. The van der Waals surface area contributed by atoms with E-state index in [1.807, 2.05) is 6.92 Å². The molecule has 0 atom stereocenters. The number of nitrogens with zero attached hydrogens (tertiary/aromatic N) is 3. The summed E-state index contributed by atoms with van der Waals surface area (Å²) in [5, 5.41) is 12.3. The van der Waals surface area contributed by atoms with E-state index < -0.39 is 10.0 Å². The quantitative estimate of drug-likeness (QED) is 0.911. The van der Waals surface area contributed by atoms with E-state index in [0.29, 0.717) is 24.4 Å². The second-order valence-corrected chi connectivity index (χ2v) is 5.46. The molecule has 0 radical (unpaired) electrons. The van der Waals surface area contributed by atoms with Gasteiger partial charge in [-0.15, -0.1) is 10.2 Å². The van der Waals surface area contributed by atoms with Crippen molar-refractivity contribution in [1.82, 2.24) is 14.8 Å². The monoisotopic (exact) mass is 284 g/mol. The normalized spacial score (nSPS) is 11.7. The first-order valence-corrected chi connectivity index (χ1v) is 7.20. The Morgan fingerprint density at radius 1 is 1.26 bits per heavy atom. The standard InChI is InChI=1S/C11H13FN4O2S/c1-2-7-16-10(8-3-5-9(12)6-4-8)14-15-11(16)19(13,17)18/h3-6H,2,7H2,1H3,(H2,13,17,18). The summed E-state index contributed by atoms with van der Waals surface area (Å²) in [5.74, 6) is -0.0251. The summed E-state index contributed by atoms with van der Waals surface area (Å²) >= 11 is 0. The SMILES string of the molecule is CCCn1c(-c2ccc(F)cc2)nnc1S(N)(=O)=O. The number of hydrogen-bond donors (Lipinski definition) is 1. The molecule has 0 unspecified atom stereocenters. The second-order valence-electron chi connectivity index (χ2n) is 4.01. The predicted octanol–water partition coefficient (Wildman–Crippen LogP) is 1.14. The highest BCUT2D eigenvalue weighted by Gasteiger charge is 2.21. The molecule has 2 N–H and O–H groups in total. The molecule has 0 spiro atoms. The third-order valence-corrected chi connectivity index (χ3v) is 3.33. The fourth-order valence-corrected chi connectivity index (χ4v) is 2.38. The van der Waals surface area contributed by atoms with E-state index >= 15 is 0 Å². The molecule has 0 amide bonds. The Labute approximate surface area is 110 Å². The zero-order valence-electron chi connectivity index (χ0n) is 10.2. The molecule has 2 aromatic rings. The molecular weight excluding hydrogens is 271 g/mol. The smallest absolute Gasteiger partial charge is 0.273 e. The van der Waals surface area contributed by atoms with Gasteiger partial charge in [0, 0.05) is 12.1 Å². The van der Waals surface area contributed by atoms with E-state index in [0.717, 1.165) is 0 Å². The highest BCUT2D eigenvalue weighted by molar-refractivity contribution is 7.89. The van der Waals surface area contributed by atoms with Crippen molar-refractivity contribution in [3.8, 4) is 11.4 Å². The number of primary sulfonamides is 1. The van der Waals surface area contributed by atoms with Crippen LogP contribution >= 0.6 is 0 Å². The topological polar surface area (TPSA) is 90.9 Å². The van der Waals surface area contributed by atoms with Crippen molar-refractivity contribution in [1.29, 1.82) is 0 Å². The van der Waals surface area contributed by atoms with Gasteiger partial charge in [0.25, 0.3) is 15.2 Å². The van der Waals surface area contributed by atoms with Crippen LogP contribution in [0.1, 0.15) is 13.3 Å². The van der Waals surface area contributed by atoms with Gasteiger partial charge in [-0.3, -0.25) is 4.57 Å². The predicted molar refractivity (Wildman–Crippen MR) is 67.1 cm³/mol. The van der Waals surface area contributed by atoms with Crippen LogP contribution < -0.4 is 5.14 Å². The van der Waals surface area contributed by atoms with Crippen LogP contribution in [0.25, 0.3) is 11.4 Å². The molecule has 0 fully saturated rings. The Hall–Kier alpha value is -1.80. The Bertz CT molecular complexity index is 679. The van der Waals surface area contributed by atoms with Crippen LogP contribution in [0.3, 0.4) is 0 Å². The van der Waals surface area contributed by atoms with E-state index in [1.165, 1.54) is 28.8 Å². The lowest BCUT2D eigenvalue weighted by molar-refractivity contribution is 0.559. The first kappa shape index (κ1) is 13.6. The Morgan fingerprint density at radius 2 is 1.89 bits per heavy atom. The summed E-state index contributed by atoms with van der Waals surface area (Å²) < 4.78 is 37.1. The van der Waals surface area contributed by atoms with Gasteiger partial charge in [-0.2, -0.15) is 0 Å². The van der Waals surface area contributed by atoms with E-state index in [1.54, 1.807) is 0 Å². The molecule has 0 saturated carbocycles. The van der Waals surface area contributed by atoms with Crippen molar-refractivity contribution < 1.29 is 12.8 Å². The number of nitrogens with two attached hydrogens (primary N) is 1. The number of benzene rings is 1. The Kier molecular flexibility index (Phi) is 3.63. The Morgan fingerprint density at radius 3 is 2.42 bits per heavy atom. The van der Waals surface area contributed by atoms with E-state index in [9.17, 15) is 12.8 Å². The minimum Gasteiger partial charge on any atom is -0.297 e. The average Bonchev–Trinajstić information content (AvgIpc) is 2.74. The lowest BCUT2D eigenvalue weighted by atomic mass is 10.2. The minimum atomic E-state index is -3.94. The van der Waals surface area contributed by atoms with Gasteiger partial charge in [-0.25, -0.2) is 17.9 Å². The second kappa shape index (κ2) is 5.06. The first-order valence-electron chi connectivity index (χ1n) is 5.65. The van der Waals surface area contributed by atoms with Crippen molar-refractivity contribution >= 4 is 10.0 Å². The highest BCUT2D eigenvalue weighted by atomic mass is 32.2. The maximum atomic E-state index is 12.9. The molecular formula is C11H13FN4O2S. The van der Waals surface area contributed by atoms with Crippen molar-refractivity contribution in [2.45, 2.75) is 25.0 Å². The van der Waals surface area contributed by atoms with Crippen LogP contribution in [0, 0.1) is 5.82 Å². The van der Waals surface area contributed by atoms with Crippen LogP contribution in [0.4, 0.5) is 4.39 Å². The highest BCUT2D eigenvalue weighted by Crippen LogP contribution is 2.20. The van der Waals surface area contributed by atoms with Crippen LogP contribution in [-0.2, 0) is 16.6 Å². The fraction of sp³-hybridized carbons (Fsp3) is 0.273. The van der Waals surface area contributed by atoms with Crippen LogP contribution in [-0.4, -0.2) is 23.2 Å². The molecule has 8 heteroatoms. The lowest BCUT2D eigenvalue weighted by Gasteiger charge is -2.07. The number of halogens is 1. The van der Waals surface area contributed by atoms with Crippen molar-refractivity contribution in [3.63, 3.8) is 0 Å². The number of sulfonamides is 1. The first-order chi connectivity index (χ1) is 8.93. The van der Waals surface area contributed by atoms with Crippen molar-refractivity contribution in [3.05, 3.63) is 30.1 Å². The fourth-order valence-electron chi connectivity index (χ4n) is 1.74. The van der Waals surface area contributed by atoms with Crippen LogP contribution in [0.2, 0.25) is 0 Å². The summed E-state index contributed by atoms with van der Waals surface area (Å²) in [6.45, 7) is 2.30. The molecule has 0 aliphatic carbocycles. The molecule has 0 saturated heterocycles. The van der Waals surface area contributed by atoms with Gasteiger partial charge in [-0.1, -0.05) is 6.92 Å². The number of hydrogen-bond acceptors (Lipinski definition) is 4. The third kappa shape index (κ3) is 2.79. The maximum absolute atomic E-state index is 12.9. The van der Waals surface area contributed by atoms with Crippen LogP contribution in [0.5, 0.6) is 0 Å². The molecule has 1 heterocycles. The number of aromatic nitrogens is 3.